The van der Waals surface area contributed by atoms with E-state index in [4.69, 9.17) is 16.3 Å². The van der Waals surface area contributed by atoms with Crippen LogP contribution in [-0.2, 0) is 14.6 Å². The molecule has 2 aliphatic rings. The molecular formula is C27H35ClN4O5S. The average Bonchev–Trinajstić information content (AvgIpc) is 3.09. The molecular weight excluding hydrogens is 528 g/mol. The van der Waals surface area contributed by atoms with Crippen LogP contribution in [0.4, 0.5) is 5.82 Å². The summed E-state index contributed by atoms with van der Waals surface area (Å²) in [4.78, 5) is 32.3. The Kier molecular flexibility index (Phi) is 7.95. The number of benzene rings is 1. The fourth-order valence-corrected chi connectivity index (χ4v) is 6.28. The molecule has 11 heteroatoms. The van der Waals surface area contributed by atoms with E-state index >= 15 is 0 Å². The molecule has 2 amide bonds. The highest BCUT2D eigenvalue weighted by Crippen LogP contribution is 2.39. The van der Waals surface area contributed by atoms with E-state index in [0.29, 0.717) is 5.56 Å². The van der Waals surface area contributed by atoms with Crippen LogP contribution in [0.15, 0.2) is 41.4 Å². The molecule has 2 saturated heterocycles. The number of nitrogens with zero attached hydrogens (tertiary/aromatic N) is 2. The molecule has 4 rings (SSSR count). The van der Waals surface area contributed by atoms with Crippen LogP contribution in [0.25, 0.3) is 0 Å². The third kappa shape index (κ3) is 6.23. The number of rotatable bonds is 8. The monoisotopic (exact) mass is 562 g/mol. The lowest BCUT2D eigenvalue weighted by atomic mass is 9.96. The lowest BCUT2D eigenvalue weighted by molar-refractivity contribution is -0.135. The highest BCUT2D eigenvalue weighted by molar-refractivity contribution is 7.90. The third-order valence-electron chi connectivity index (χ3n) is 6.98. The van der Waals surface area contributed by atoms with Crippen molar-refractivity contribution in [3.63, 3.8) is 0 Å². The second-order valence-corrected chi connectivity index (χ2v) is 13.4. The van der Waals surface area contributed by atoms with Crippen molar-refractivity contribution in [2.24, 2.45) is 0 Å². The molecule has 2 fully saturated rings. The van der Waals surface area contributed by atoms with Gasteiger partial charge in [0.15, 0.2) is 15.4 Å². The van der Waals surface area contributed by atoms with Gasteiger partial charge in [0.05, 0.1) is 5.56 Å². The molecule has 2 N–H and O–H groups in total. The van der Waals surface area contributed by atoms with Crippen LogP contribution >= 0.6 is 11.6 Å². The number of carbonyl (C=O) groups is 2. The number of sulfone groups is 1. The number of anilines is 1. The Labute approximate surface area is 229 Å². The molecule has 0 spiro atoms. The van der Waals surface area contributed by atoms with Crippen molar-refractivity contribution in [1.82, 2.24) is 15.6 Å². The second-order valence-electron chi connectivity index (χ2n) is 10.9. The standard InChI is InChI=1S/C27H35ClN4O5S/c1-16(2)30-25(33)17-6-11-24(29-15-17)32-20-8-9-21(32)14-19(13-20)31-26(34)27(3,4)37-22-10-7-18(28)12-23(22)38(5,35)36/h6-7,10-12,15-16,19-21H,8-9,13-14H2,1-5H3,(H,30,33)(H,31,34). The van der Waals surface area contributed by atoms with Crippen LogP contribution < -0.4 is 20.3 Å². The number of aromatic nitrogens is 1. The summed E-state index contributed by atoms with van der Waals surface area (Å²) in [5.74, 6) is 0.463. The minimum atomic E-state index is -3.61. The first kappa shape index (κ1) is 28.2. The number of piperidine rings is 1. The first-order valence-electron chi connectivity index (χ1n) is 12.8. The van der Waals surface area contributed by atoms with Crippen molar-refractivity contribution >= 4 is 39.1 Å². The van der Waals surface area contributed by atoms with Crippen molar-refractivity contribution in [1.29, 1.82) is 0 Å². The summed E-state index contributed by atoms with van der Waals surface area (Å²) in [6.07, 6.45) is 6.19. The molecule has 0 aliphatic carbocycles. The van der Waals surface area contributed by atoms with Gasteiger partial charge in [-0.25, -0.2) is 13.4 Å². The van der Waals surface area contributed by atoms with Gasteiger partial charge in [0.25, 0.3) is 11.8 Å². The molecule has 1 aromatic heterocycles. The summed E-state index contributed by atoms with van der Waals surface area (Å²) in [6.45, 7) is 7.07. The van der Waals surface area contributed by atoms with Crippen LogP contribution in [0.5, 0.6) is 5.75 Å². The van der Waals surface area contributed by atoms with Crippen molar-refractivity contribution in [2.75, 3.05) is 11.2 Å². The fraction of sp³-hybridized carbons (Fsp3) is 0.519. The number of amides is 2. The summed E-state index contributed by atoms with van der Waals surface area (Å²) in [6, 6.07) is 8.46. The van der Waals surface area contributed by atoms with Gasteiger partial charge < -0.3 is 20.3 Å². The van der Waals surface area contributed by atoms with Gasteiger partial charge in [0, 0.05) is 41.6 Å². The molecule has 1 aromatic carbocycles. The van der Waals surface area contributed by atoms with Gasteiger partial charge in [-0.2, -0.15) is 0 Å². The van der Waals surface area contributed by atoms with E-state index in [1.165, 1.54) is 18.2 Å². The number of hydrogen-bond donors (Lipinski definition) is 2. The van der Waals surface area contributed by atoms with Crippen LogP contribution in [-0.4, -0.2) is 61.2 Å². The predicted molar refractivity (Wildman–Crippen MR) is 147 cm³/mol. The Hall–Kier alpha value is -2.85. The van der Waals surface area contributed by atoms with Crippen molar-refractivity contribution in [3.8, 4) is 5.75 Å². The largest absolute Gasteiger partial charge is 0.477 e. The Morgan fingerprint density at radius 2 is 1.79 bits per heavy atom. The summed E-state index contributed by atoms with van der Waals surface area (Å²) >= 11 is 5.99. The molecule has 3 heterocycles. The number of hydrogen-bond acceptors (Lipinski definition) is 7. The zero-order valence-electron chi connectivity index (χ0n) is 22.3. The molecule has 9 nitrogen and oxygen atoms in total. The lowest BCUT2D eigenvalue weighted by Gasteiger charge is -2.41. The summed E-state index contributed by atoms with van der Waals surface area (Å²) in [5, 5.41) is 6.27. The van der Waals surface area contributed by atoms with E-state index in [2.05, 4.69) is 20.5 Å². The molecule has 0 radical (unpaired) electrons. The molecule has 38 heavy (non-hydrogen) atoms. The number of fused-ring (bicyclic) bond motifs is 2. The zero-order valence-corrected chi connectivity index (χ0v) is 23.9. The fourth-order valence-electron chi connectivity index (χ4n) is 5.22. The molecule has 2 atom stereocenters. The van der Waals surface area contributed by atoms with Crippen LogP contribution in [0.2, 0.25) is 5.02 Å². The van der Waals surface area contributed by atoms with Gasteiger partial charge >= 0.3 is 0 Å². The van der Waals surface area contributed by atoms with Gasteiger partial charge in [-0.15, -0.1) is 0 Å². The third-order valence-corrected chi connectivity index (χ3v) is 8.33. The first-order chi connectivity index (χ1) is 17.7. The normalized spacial score (nSPS) is 21.3. The maximum absolute atomic E-state index is 13.3. The number of ether oxygens (including phenoxy) is 1. The van der Waals surface area contributed by atoms with Crippen molar-refractivity contribution < 1.29 is 22.7 Å². The highest BCUT2D eigenvalue weighted by atomic mass is 35.5. The molecule has 2 unspecified atom stereocenters. The minimum absolute atomic E-state index is 0.0465. The maximum Gasteiger partial charge on any atom is 0.263 e. The molecule has 2 aliphatic heterocycles. The zero-order chi connectivity index (χ0) is 27.8. The molecule has 2 aromatic rings. The van der Waals surface area contributed by atoms with Gasteiger partial charge in [0.2, 0.25) is 0 Å². The Balaban J connectivity index is 1.41. The molecule has 206 valence electrons. The number of carbonyl (C=O) groups excluding carboxylic acids is 2. The van der Waals surface area contributed by atoms with Crippen LogP contribution in [0.1, 0.15) is 63.7 Å². The lowest BCUT2D eigenvalue weighted by Crippen LogP contribution is -2.55. The van der Waals surface area contributed by atoms with Gasteiger partial charge in [-0.05, 0) is 83.7 Å². The van der Waals surface area contributed by atoms with Crippen molar-refractivity contribution in [3.05, 3.63) is 47.1 Å². The topological polar surface area (TPSA) is 118 Å². The maximum atomic E-state index is 13.3. The summed E-state index contributed by atoms with van der Waals surface area (Å²) in [7, 11) is -3.61. The van der Waals surface area contributed by atoms with E-state index < -0.39 is 15.4 Å². The first-order valence-corrected chi connectivity index (χ1v) is 15.1. The van der Waals surface area contributed by atoms with E-state index in [1.807, 2.05) is 19.9 Å². The second kappa shape index (κ2) is 10.7. The average molecular weight is 563 g/mol. The number of nitrogens with one attached hydrogen (secondary N) is 2. The summed E-state index contributed by atoms with van der Waals surface area (Å²) in [5.41, 5.74) is -0.781. The summed E-state index contributed by atoms with van der Waals surface area (Å²) < 4.78 is 30.4. The molecule has 0 saturated carbocycles. The smallest absolute Gasteiger partial charge is 0.263 e. The van der Waals surface area contributed by atoms with Crippen LogP contribution in [0, 0.1) is 0 Å². The predicted octanol–water partition coefficient (Wildman–Crippen LogP) is 3.75. The van der Waals surface area contributed by atoms with Gasteiger partial charge in [0.1, 0.15) is 16.5 Å². The van der Waals surface area contributed by atoms with E-state index in [1.54, 1.807) is 26.1 Å². The quantitative estimate of drug-likeness (QED) is 0.503. The minimum Gasteiger partial charge on any atom is -0.477 e. The van der Waals surface area contributed by atoms with Crippen molar-refractivity contribution in [2.45, 2.75) is 88.0 Å². The number of pyridine rings is 1. The van der Waals surface area contributed by atoms with Gasteiger partial charge in [-0.3, -0.25) is 9.59 Å². The van der Waals surface area contributed by atoms with Gasteiger partial charge in [-0.1, -0.05) is 11.6 Å². The highest BCUT2D eigenvalue weighted by Gasteiger charge is 2.43. The number of halogens is 1. The molecule has 2 bridgehead atoms. The van der Waals surface area contributed by atoms with E-state index in [9.17, 15) is 18.0 Å². The van der Waals surface area contributed by atoms with E-state index in [-0.39, 0.29) is 51.6 Å². The van der Waals surface area contributed by atoms with Crippen LogP contribution in [0.3, 0.4) is 0 Å². The van der Waals surface area contributed by atoms with E-state index in [0.717, 1.165) is 37.8 Å². The SMILES string of the molecule is CC(C)NC(=O)c1ccc(N2C3CCC2CC(NC(=O)C(C)(C)Oc2ccc(Cl)cc2S(C)(=O)=O)C3)nc1. The Bertz CT molecular complexity index is 1300. The Morgan fingerprint density at radius 1 is 1.13 bits per heavy atom. The Morgan fingerprint density at radius 3 is 2.34 bits per heavy atom.